The van der Waals surface area contributed by atoms with Crippen LogP contribution in [0.15, 0.2) is 41.3 Å². The summed E-state index contributed by atoms with van der Waals surface area (Å²) in [5, 5.41) is -0.359. The van der Waals surface area contributed by atoms with Crippen molar-refractivity contribution in [3.8, 4) is 5.75 Å². The van der Waals surface area contributed by atoms with Crippen molar-refractivity contribution in [2.45, 2.75) is 49.8 Å². The third kappa shape index (κ3) is 5.11. The number of benzene rings is 2. The van der Waals surface area contributed by atoms with E-state index in [0.717, 1.165) is 6.07 Å². The molecule has 0 aliphatic carbocycles. The number of carbonyl (C=O) groups is 1. The molecule has 1 aliphatic rings. The Kier molecular flexibility index (Phi) is 7.90. The highest BCUT2D eigenvalue weighted by atomic mass is 35.5. The summed E-state index contributed by atoms with van der Waals surface area (Å²) in [6, 6.07) is 8.59. The van der Waals surface area contributed by atoms with Crippen LogP contribution in [0, 0.1) is 5.82 Å². The van der Waals surface area contributed by atoms with Crippen LogP contribution in [0.2, 0.25) is 5.02 Å². The highest BCUT2D eigenvalue weighted by Gasteiger charge is 2.31. The molecule has 0 aromatic heterocycles. The van der Waals surface area contributed by atoms with Gasteiger partial charge in [0.25, 0.3) is 5.91 Å². The summed E-state index contributed by atoms with van der Waals surface area (Å²) in [6.07, 6.45) is 1.09. The Hall–Kier alpha value is -2.32. The predicted octanol–water partition coefficient (Wildman–Crippen LogP) is 4.80. The monoisotopic (exact) mass is 496 g/mol. The number of hydrogen-bond donors (Lipinski definition) is 0. The number of hydrogen-bond acceptors (Lipinski definition) is 5. The van der Waals surface area contributed by atoms with Gasteiger partial charge in [0.15, 0.2) is 9.84 Å². The number of sulfone groups is 1. The smallest absolute Gasteiger partial charge is 0.255 e. The van der Waals surface area contributed by atoms with Gasteiger partial charge in [0.05, 0.1) is 33.5 Å². The van der Waals surface area contributed by atoms with Crippen LogP contribution in [0.25, 0.3) is 0 Å². The lowest BCUT2D eigenvalue weighted by Gasteiger charge is -2.42. The van der Waals surface area contributed by atoms with Gasteiger partial charge >= 0.3 is 0 Å². The molecule has 0 unspecified atom stereocenters. The largest absolute Gasteiger partial charge is 0.495 e. The van der Waals surface area contributed by atoms with Gasteiger partial charge in [0, 0.05) is 25.7 Å². The highest BCUT2D eigenvalue weighted by molar-refractivity contribution is 7.92. The number of ether oxygens (including phenoxy) is 1. The molecule has 0 radical (unpaired) electrons. The summed E-state index contributed by atoms with van der Waals surface area (Å²) < 4.78 is 45.1. The number of carbonyl (C=O) groups excluding carboxylic acids is 1. The summed E-state index contributed by atoms with van der Waals surface area (Å²) in [6.45, 7) is 7.01. The molecule has 1 atom stereocenters. The maximum Gasteiger partial charge on any atom is 0.255 e. The fourth-order valence-corrected chi connectivity index (χ4v) is 6.37. The number of methoxy groups -OCH3 is 1. The maximum absolute atomic E-state index is 13.4. The van der Waals surface area contributed by atoms with E-state index in [1.165, 1.54) is 12.1 Å². The molecule has 1 aliphatic heterocycles. The molecule has 6 nitrogen and oxygen atoms in total. The predicted molar refractivity (Wildman–Crippen MR) is 129 cm³/mol. The van der Waals surface area contributed by atoms with Crippen LogP contribution in [-0.4, -0.2) is 57.3 Å². The Morgan fingerprint density at radius 3 is 2.45 bits per heavy atom. The van der Waals surface area contributed by atoms with Crippen molar-refractivity contribution in [3.05, 3.63) is 52.8 Å². The van der Waals surface area contributed by atoms with Crippen molar-refractivity contribution in [1.29, 1.82) is 0 Å². The minimum Gasteiger partial charge on any atom is -0.495 e. The Morgan fingerprint density at radius 2 is 1.88 bits per heavy atom. The third-order valence-electron chi connectivity index (χ3n) is 6.21. The van der Waals surface area contributed by atoms with Crippen molar-refractivity contribution < 1.29 is 22.3 Å². The summed E-state index contributed by atoms with van der Waals surface area (Å²) in [4.78, 5) is 17.0. The normalized spacial score (nSPS) is 16.9. The van der Waals surface area contributed by atoms with Crippen LogP contribution in [0.3, 0.4) is 0 Å². The molecule has 3 rings (SSSR count). The molecule has 180 valence electrons. The van der Waals surface area contributed by atoms with Crippen LogP contribution < -0.4 is 9.64 Å². The van der Waals surface area contributed by atoms with Gasteiger partial charge in [-0.15, -0.1) is 0 Å². The molecule has 0 saturated carbocycles. The SMILES string of the molecule is CCC(CC)S(=O)(=O)c1ccc(OC)c(N2CCN(C(=O)c3ccc(F)cc3Cl)C[C@@H]2C)c1. The van der Waals surface area contributed by atoms with Crippen molar-refractivity contribution in [1.82, 2.24) is 4.90 Å². The molecular weight excluding hydrogens is 467 g/mol. The zero-order valence-electron chi connectivity index (χ0n) is 19.3. The van der Waals surface area contributed by atoms with Crippen LogP contribution in [-0.2, 0) is 9.84 Å². The van der Waals surface area contributed by atoms with Gasteiger partial charge < -0.3 is 14.5 Å². The first-order valence-electron chi connectivity index (χ1n) is 11.1. The van der Waals surface area contributed by atoms with Gasteiger partial charge in [0.2, 0.25) is 0 Å². The van der Waals surface area contributed by atoms with Gasteiger partial charge in [-0.3, -0.25) is 4.79 Å². The Balaban J connectivity index is 1.87. The van der Waals surface area contributed by atoms with Gasteiger partial charge in [0.1, 0.15) is 11.6 Å². The lowest BCUT2D eigenvalue weighted by atomic mass is 10.1. The number of amides is 1. The van der Waals surface area contributed by atoms with E-state index in [-0.39, 0.29) is 27.4 Å². The summed E-state index contributed by atoms with van der Waals surface area (Å²) in [5.41, 5.74) is 0.943. The lowest BCUT2D eigenvalue weighted by molar-refractivity contribution is 0.0726. The molecule has 9 heteroatoms. The van der Waals surface area contributed by atoms with E-state index >= 15 is 0 Å². The number of anilines is 1. The first-order chi connectivity index (χ1) is 15.6. The minimum atomic E-state index is -3.47. The number of halogens is 2. The average Bonchev–Trinajstić information content (AvgIpc) is 2.78. The summed E-state index contributed by atoms with van der Waals surface area (Å²) >= 11 is 6.08. The van der Waals surface area contributed by atoms with E-state index in [2.05, 4.69) is 4.90 Å². The molecule has 1 fully saturated rings. The van der Waals surface area contributed by atoms with E-state index in [1.54, 1.807) is 30.2 Å². The second kappa shape index (κ2) is 10.3. The van der Waals surface area contributed by atoms with Crippen molar-refractivity contribution in [2.75, 3.05) is 31.6 Å². The number of rotatable bonds is 7. The van der Waals surface area contributed by atoms with E-state index < -0.39 is 20.9 Å². The zero-order valence-corrected chi connectivity index (χ0v) is 20.9. The average molecular weight is 497 g/mol. The quantitative estimate of drug-likeness (QED) is 0.550. The van der Waals surface area contributed by atoms with Gasteiger partial charge in [-0.2, -0.15) is 0 Å². The van der Waals surface area contributed by atoms with E-state index in [9.17, 15) is 17.6 Å². The van der Waals surface area contributed by atoms with Crippen LogP contribution in [0.4, 0.5) is 10.1 Å². The summed E-state index contributed by atoms with van der Waals surface area (Å²) in [5.74, 6) is -0.180. The van der Waals surface area contributed by atoms with Crippen molar-refractivity contribution in [3.63, 3.8) is 0 Å². The molecule has 33 heavy (non-hydrogen) atoms. The highest BCUT2D eigenvalue weighted by Crippen LogP contribution is 2.35. The third-order valence-corrected chi connectivity index (χ3v) is 8.98. The second-order valence-corrected chi connectivity index (χ2v) is 10.9. The van der Waals surface area contributed by atoms with Crippen LogP contribution in [0.5, 0.6) is 5.75 Å². The topological polar surface area (TPSA) is 66.9 Å². The number of piperazine rings is 1. The summed E-state index contributed by atoms with van der Waals surface area (Å²) in [7, 11) is -1.91. The first kappa shape index (κ1) is 25.3. The Bertz CT molecular complexity index is 1120. The second-order valence-electron chi connectivity index (χ2n) is 8.23. The minimum absolute atomic E-state index is 0.0797. The van der Waals surface area contributed by atoms with Crippen LogP contribution >= 0.6 is 11.6 Å². The van der Waals surface area contributed by atoms with Crippen molar-refractivity contribution >= 4 is 33.0 Å². The molecule has 0 spiro atoms. The van der Waals surface area contributed by atoms with Crippen molar-refractivity contribution in [2.24, 2.45) is 0 Å². The Morgan fingerprint density at radius 1 is 1.18 bits per heavy atom. The Labute approximate surface area is 200 Å². The maximum atomic E-state index is 13.4. The van der Waals surface area contributed by atoms with Gasteiger partial charge in [-0.25, -0.2) is 12.8 Å². The fraction of sp³-hybridized carbons (Fsp3) is 0.458. The first-order valence-corrected chi connectivity index (χ1v) is 13.0. The molecule has 1 amide bonds. The number of nitrogens with zero attached hydrogens (tertiary/aromatic N) is 2. The molecule has 2 aromatic rings. The van der Waals surface area contributed by atoms with E-state index in [4.69, 9.17) is 16.3 Å². The zero-order chi connectivity index (χ0) is 24.3. The molecule has 1 saturated heterocycles. The van der Waals surface area contributed by atoms with Gasteiger partial charge in [-0.05, 0) is 56.2 Å². The molecule has 2 aromatic carbocycles. The standard InChI is InChI=1S/C24H30ClFN2O4S/c1-5-18(6-2)33(30,31)19-8-10-23(32-4)22(14-19)28-12-11-27(15-16(28)3)24(29)20-9-7-17(26)13-21(20)25/h7-10,13-14,16,18H,5-6,11-12,15H2,1-4H3/t16-/m0/s1. The molecule has 1 heterocycles. The van der Waals surface area contributed by atoms with Crippen LogP contribution in [0.1, 0.15) is 44.0 Å². The van der Waals surface area contributed by atoms with E-state index in [0.29, 0.717) is 43.9 Å². The fourth-order valence-electron chi connectivity index (χ4n) is 4.32. The van der Waals surface area contributed by atoms with E-state index in [1.807, 2.05) is 20.8 Å². The molecular formula is C24H30ClFN2O4S. The molecule has 0 bridgehead atoms. The molecule has 0 N–H and O–H groups in total. The van der Waals surface area contributed by atoms with Gasteiger partial charge in [-0.1, -0.05) is 25.4 Å². The lowest BCUT2D eigenvalue weighted by Crippen LogP contribution is -2.54.